The highest BCUT2D eigenvalue weighted by Crippen LogP contribution is 2.31. The third-order valence-electron chi connectivity index (χ3n) is 8.25. The van der Waals surface area contributed by atoms with E-state index in [-0.39, 0.29) is 23.6 Å². The largest absolute Gasteiger partial charge is 0.368 e. The van der Waals surface area contributed by atoms with E-state index < -0.39 is 0 Å². The van der Waals surface area contributed by atoms with Gasteiger partial charge in [0.25, 0.3) is 11.8 Å². The Morgan fingerprint density at radius 3 is 2.26 bits per heavy atom. The van der Waals surface area contributed by atoms with Crippen molar-refractivity contribution < 1.29 is 14.4 Å². The van der Waals surface area contributed by atoms with Crippen LogP contribution in [0.4, 0.5) is 11.4 Å². The van der Waals surface area contributed by atoms with E-state index in [4.69, 9.17) is 0 Å². The van der Waals surface area contributed by atoms with Crippen molar-refractivity contribution in [2.45, 2.75) is 44.9 Å². The molecule has 39 heavy (non-hydrogen) atoms. The summed E-state index contributed by atoms with van der Waals surface area (Å²) >= 11 is 0. The molecule has 8 heteroatoms. The predicted octanol–water partition coefficient (Wildman–Crippen LogP) is 3.99. The van der Waals surface area contributed by atoms with Crippen LogP contribution in [0.3, 0.4) is 0 Å². The first-order valence-corrected chi connectivity index (χ1v) is 14.6. The van der Waals surface area contributed by atoms with Crippen LogP contribution in [0.25, 0.3) is 0 Å². The predicted molar refractivity (Wildman–Crippen MR) is 154 cm³/mol. The minimum atomic E-state index is 0.00825. The van der Waals surface area contributed by atoms with Gasteiger partial charge in [-0.05, 0) is 62.6 Å². The van der Waals surface area contributed by atoms with Crippen LogP contribution in [0.5, 0.6) is 0 Å². The molecule has 0 atom stereocenters. The lowest BCUT2D eigenvalue weighted by Gasteiger charge is -2.28. The summed E-state index contributed by atoms with van der Waals surface area (Å²) in [5.41, 5.74) is 2.93. The number of hydrogen-bond acceptors (Lipinski definition) is 5. The summed E-state index contributed by atoms with van der Waals surface area (Å²) < 4.78 is 0. The molecule has 2 heterocycles. The summed E-state index contributed by atoms with van der Waals surface area (Å²) in [6, 6.07) is 15.2. The maximum absolute atomic E-state index is 13.4. The third-order valence-corrected chi connectivity index (χ3v) is 8.25. The monoisotopic (exact) mass is 531 g/mol. The van der Waals surface area contributed by atoms with Crippen LogP contribution in [0, 0.1) is 5.92 Å². The fourth-order valence-corrected chi connectivity index (χ4v) is 6.00. The average Bonchev–Trinajstić information content (AvgIpc) is 3.41. The minimum Gasteiger partial charge on any atom is -0.368 e. The molecule has 208 valence electrons. The fourth-order valence-electron chi connectivity index (χ4n) is 6.00. The molecule has 1 saturated carbocycles. The zero-order chi connectivity index (χ0) is 27.0. The molecule has 0 spiro atoms. The highest BCUT2D eigenvalue weighted by Gasteiger charge is 2.26. The van der Waals surface area contributed by atoms with E-state index in [2.05, 4.69) is 15.5 Å². The zero-order valence-electron chi connectivity index (χ0n) is 22.9. The number of carbonyl (C=O) groups is 3. The van der Waals surface area contributed by atoms with Crippen LogP contribution in [-0.4, -0.2) is 79.9 Å². The van der Waals surface area contributed by atoms with Crippen LogP contribution < -0.4 is 15.5 Å². The van der Waals surface area contributed by atoms with E-state index in [1.54, 1.807) is 0 Å². The lowest BCUT2D eigenvalue weighted by atomic mass is 9.88. The molecule has 0 unspecified atom stereocenters. The molecule has 3 fully saturated rings. The maximum atomic E-state index is 13.4. The second-order valence-corrected chi connectivity index (χ2v) is 11.0. The van der Waals surface area contributed by atoms with Crippen molar-refractivity contribution >= 4 is 29.1 Å². The van der Waals surface area contributed by atoms with E-state index >= 15 is 0 Å². The molecule has 5 rings (SSSR count). The van der Waals surface area contributed by atoms with Crippen molar-refractivity contribution in [2.75, 3.05) is 62.6 Å². The molecule has 2 N–H and O–H groups in total. The zero-order valence-corrected chi connectivity index (χ0v) is 22.9. The van der Waals surface area contributed by atoms with E-state index in [9.17, 15) is 14.4 Å². The van der Waals surface area contributed by atoms with E-state index in [1.165, 1.54) is 6.42 Å². The first-order chi connectivity index (χ1) is 19.1. The standard InChI is InChI=1S/C31H41N5O3/c37-29(24-9-3-1-4-10-24)33-27-23-26(31(39)35-17-7-15-32-16-20-35)13-14-28(27)34-18-8-19-36(22-21-34)30(38)25-11-5-2-6-12-25/h2,5-6,11-14,23-24,32H,1,3-4,7-10,15-22H2,(H,33,37). The highest BCUT2D eigenvalue weighted by atomic mass is 16.2. The Hall–Kier alpha value is -3.39. The molecule has 3 aliphatic rings. The van der Waals surface area contributed by atoms with Gasteiger partial charge in [-0.15, -0.1) is 0 Å². The number of nitrogens with zero attached hydrogens (tertiary/aromatic N) is 3. The van der Waals surface area contributed by atoms with Gasteiger partial charge in [0.1, 0.15) is 0 Å². The van der Waals surface area contributed by atoms with Crippen molar-refractivity contribution in [3.63, 3.8) is 0 Å². The first-order valence-electron chi connectivity index (χ1n) is 14.6. The van der Waals surface area contributed by atoms with Crippen LogP contribution in [0.2, 0.25) is 0 Å². The summed E-state index contributed by atoms with van der Waals surface area (Å²) in [7, 11) is 0. The smallest absolute Gasteiger partial charge is 0.253 e. The molecule has 1 aliphatic carbocycles. The first kappa shape index (κ1) is 27.2. The second-order valence-electron chi connectivity index (χ2n) is 11.0. The molecule has 2 saturated heterocycles. The average molecular weight is 532 g/mol. The Balaban J connectivity index is 1.36. The summed E-state index contributed by atoms with van der Waals surface area (Å²) in [6.07, 6.45) is 6.96. The van der Waals surface area contributed by atoms with Crippen LogP contribution in [0.1, 0.15) is 65.7 Å². The molecule has 2 aliphatic heterocycles. The Morgan fingerprint density at radius 1 is 0.692 bits per heavy atom. The molecule has 2 aromatic rings. The van der Waals surface area contributed by atoms with E-state index in [0.29, 0.717) is 43.0 Å². The summed E-state index contributed by atoms with van der Waals surface area (Å²) in [5.74, 6) is 0.131. The van der Waals surface area contributed by atoms with E-state index in [1.807, 2.05) is 58.3 Å². The number of rotatable bonds is 5. The molecule has 8 nitrogen and oxygen atoms in total. The van der Waals surface area contributed by atoms with Crippen molar-refractivity contribution in [1.82, 2.24) is 15.1 Å². The molecule has 0 bridgehead atoms. The third kappa shape index (κ3) is 6.79. The van der Waals surface area contributed by atoms with Gasteiger partial charge in [-0.3, -0.25) is 14.4 Å². The van der Waals surface area contributed by atoms with Gasteiger partial charge in [0.2, 0.25) is 5.91 Å². The highest BCUT2D eigenvalue weighted by molar-refractivity contribution is 6.00. The van der Waals surface area contributed by atoms with Crippen molar-refractivity contribution in [1.29, 1.82) is 0 Å². The molecule has 0 aromatic heterocycles. The van der Waals surface area contributed by atoms with Gasteiger partial charge < -0.3 is 25.3 Å². The number of anilines is 2. The second kappa shape index (κ2) is 13.1. The number of nitrogens with one attached hydrogen (secondary N) is 2. The summed E-state index contributed by atoms with van der Waals surface area (Å²) in [5, 5.41) is 6.58. The van der Waals surface area contributed by atoms with Gasteiger partial charge in [0.05, 0.1) is 11.4 Å². The lowest BCUT2D eigenvalue weighted by Crippen LogP contribution is -2.36. The maximum Gasteiger partial charge on any atom is 0.253 e. The van der Waals surface area contributed by atoms with Crippen molar-refractivity contribution in [3.05, 3.63) is 59.7 Å². The fraction of sp³-hybridized carbons (Fsp3) is 0.516. The summed E-state index contributed by atoms with van der Waals surface area (Å²) in [6.45, 7) is 5.85. The molecule has 3 amide bonds. The van der Waals surface area contributed by atoms with Crippen molar-refractivity contribution in [2.24, 2.45) is 5.92 Å². The van der Waals surface area contributed by atoms with Crippen LogP contribution in [-0.2, 0) is 4.79 Å². The van der Waals surface area contributed by atoms with Gasteiger partial charge in [-0.25, -0.2) is 0 Å². The molecule has 2 aromatic carbocycles. The van der Waals surface area contributed by atoms with E-state index in [0.717, 1.165) is 70.4 Å². The Bertz CT molecular complexity index is 1140. The molecular formula is C31H41N5O3. The normalized spacial score (nSPS) is 19.2. The number of carbonyl (C=O) groups excluding carboxylic acids is 3. The SMILES string of the molecule is O=C(Nc1cc(C(=O)N2CCCNCC2)ccc1N1CCCN(C(=O)c2ccccc2)CC1)C1CCCCC1. The lowest BCUT2D eigenvalue weighted by molar-refractivity contribution is -0.120. The van der Waals surface area contributed by atoms with Gasteiger partial charge in [-0.2, -0.15) is 0 Å². The van der Waals surface area contributed by atoms with Crippen molar-refractivity contribution in [3.8, 4) is 0 Å². The Morgan fingerprint density at radius 2 is 1.44 bits per heavy atom. The quantitative estimate of drug-likeness (QED) is 0.610. The van der Waals surface area contributed by atoms with Gasteiger partial charge in [0, 0.05) is 62.9 Å². The Kier molecular flexibility index (Phi) is 9.14. The van der Waals surface area contributed by atoms with Crippen LogP contribution >= 0.6 is 0 Å². The van der Waals surface area contributed by atoms with Gasteiger partial charge in [-0.1, -0.05) is 37.5 Å². The number of benzene rings is 2. The van der Waals surface area contributed by atoms with Crippen LogP contribution in [0.15, 0.2) is 48.5 Å². The van der Waals surface area contributed by atoms with Gasteiger partial charge in [0.15, 0.2) is 0 Å². The number of hydrogen-bond donors (Lipinski definition) is 2. The van der Waals surface area contributed by atoms with Gasteiger partial charge >= 0.3 is 0 Å². The molecular weight excluding hydrogens is 490 g/mol. The minimum absolute atomic E-state index is 0.00825. The Labute approximate surface area is 231 Å². The summed E-state index contributed by atoms with van der Waals surface area (Å²) in [4.78, 5) is 45.9. The molecule has 0 radical (unpaired) electrons. The number of amides is 3. The topological polar surface area (TPSA) is 85.0 Å².